The van der Waals surface area contributed by atoms with Gasteiger partial charge in [-0.15, -0.1) is 0 Å². The highest BCUT2D eigenvalue weighted by Gasteiger charge is 2.05. The Morgan fingerprint density at radius 2 is 2.35 bits per heavy atom. The fraction of sp³-hybridized carbons (Fsp3) is 0.167. The third-order valence-corrected chi connectivity index (χ3v) is 3.65. The highest BCUT2D eigenvalue weighted by molar-refractivity contribution is 7.80. The molecule has 0 aliphatic heterocycles. The molecule has 0 unspecified atom stereocenters. The van der Waals surface area contributed by atoms with Crippen LogP contribution < -0.4 is 11.1 Å². The van der Waals surface area contributed by atoms with Gasteiger partial charge in [-0.05, 0) is 34.9 Å². The van der Waals surface area contributed by atoms with Crippen LogP contribution in [0.15, 0.2) is 29.2 Å². The zero-order chi connectivity index (χ0) is 12.3. The summed E-state index contributed by atoms with van der Waals surface area (Å²) in [7, 11) is 0. The second-order valence-corrected chi connectivity index (χ2v) is 4.90. The molecule has 2 heterocycles. The van der Waals surface area contributed by atoms with Gasteiger partial charge in [0.25, 0.3) is 0 Å². The Labute approximate surface area is 110 Å². The Balaban J connectivity index is 2.14. The van der Waals surface area contributed by atoms with Gasteiger partial charge in [0.05, 0.1) is 11.9 Å². The van der Waals surface area contributed by atoms with Crippen LogP contribution in [0, 0.1) is 6.92 Å². The number of aryl methyl sites for hydroxylation is 1. The van der Waals surface area contributed by atoms with Crippen LogP contribution in [0.5, 0.6) is 0 Å². The highest BCUT2D eigenvalue weighted by atomic mass is 32.1. The number of rotatable bonds is 4. The SMILES string of the molecule is Cc1cscc1CNc1cnccc1C(N)=S. The number of nitrogens with two attached hydrogens (primary N) is 1. The smallest absolute Gasteiger partial charge is 0.106 e. The lowest BCUT2D eigenvalue weighted by atomic mass is 10.2. The summed E-state index contributed by atoms with van der Waals surface area (Å²) in [6.07, 6.45) is 3.44. The van der Waals surface area contributed by atoms with Crippen LogP contribution in [-0.4, -0.2) is 9.97 Å². The normalized spacial score (nSPS) is 10.2. The van der Waals surface area contributed by atoms with Gasteiger partial charge < -0.3 is 11.1 Å². The van der Waals surface area contributed by atoms with E-state index in [1.807, 2.05) is 6.07 Å². The van der Waals surface area contributed by atoms with Crippen molar-refractivity contribution in [2.24, 2.45) is 5.73 Å². The van der Waals surface area contributed by atoms with Crippen LogP contribution in [0.2, 0.25) is 0 Å². The summed E-state index contributed by atoms with van der Waals surface area (Å²) in [6.45, 7) is 2.86. The maximum Gasteiger partial charge on any atom is 0.106 e. The number of hydrogen-bond acceptors (Lipinski definition) is 4. The molecular weight excluding hydrogens is 250 g/mol. The first kappa shape index (κ1) is 12.0. The van der Waals surface area contributed by atoms with Crippen LogP contribution in [0.4, 0.5) is 5.69 Å². The molecule has 5 heteroatoms. The Morgan fingerprint density at radius 3 is 3.00 bits per heavy atom. The lowest BCUT2D eigenvalue weighted by Gasteiger charge is -2.10. The Hall–Kier alpha value is -1.46. The molecule has 0 saturated carbocycles. The summed E-state index contributed by atoms with van der Waals surface area (Å²) in [5.74, 6) is 0. The van der Waals surface area contributed by atoms with Crippen molar-refractivity contribution in [1.82, 2.24) is 4.98 Å². The molecule has 0 radical (unpaired) electrons. The van der Waals surface area contributed by atoms with Gasteiger partial charge in [-0.3, -0.25) is 4.98 Å². The monoisotopic (exact) mass is 263 g/mol. The molecule has 0 fully saturated rings. The first-order valence-electron chi connectivity index (χ1n) is 5.18. The van der Waals surface area contributed by atoms with Gasteiger partial charge in [-0.2, -0.15) is 11.3 Å². The van der Waals surface area contributed by atoms with Crippen LogP contribution in [0.3, 0.4) is 0 Å². The van der Waals surface area contributed by atoms with E-state index in [2.05, 4.69) is 28.0 Å². The Bertz CT molecular complexity index is 534. The average molecular weight is 263 g/mol. The van der Waals surface area contributed by atoms with E-state index in [9.17, 15) is 0 Å². The van der Waals surface area contributed by atoms with Gasteiger partial charge in [0, 0.05) is 18.3 Å². The quantitative estimate of drug-likeness (QED) is 0.833. The van der Waals surface area contributed by atoms with Crippen molar-refractivity contribution < 1.29 is 0 Å². The second-order valence-electron chi connectivity index (χ2n) is 3.72. The second kappa shape index (κ2) is 5.25. The summed E-state index contributed by atoms with van der Waals surface area (Å²) < 4.78 is 0. The van der Waals surface area contributed by atoms with E-state index in [4.69, 9.17) is 18.0 Å². The Morgan fingerprint density at radius 1 is 1.53 bits per heavy atom. The van der Waals surface area contributed by atoms with Crippen molar-refractivity contribution in [3.05, 3.63) is 45.9 Å². The van der Waals surface area contributed by atoms with Gasteiger partial charge in [0.15, 0.2) is 0 Å². The number of nitrogens with zero attached hydrogens (tertiary/aromatic N) is 1. The molecule has 0 aliphatic rings. The molecule has 0 bridgehead atoms. The Kier molecular flexibility index (Phi) is 3.71. The molecule has 0 saturated heterocycles. The molecule has 0 aliphatic carbocycles. The number of nitrogens with one attached hydrogen (secondary N) is 1. The van der Waals surface area contributed by atoms with Gasteiger partial charge >= 0.3 is 0 Å². The van der Waals surface area contributed by atoms with E-state index >= 15 is 0 Å². The van der Waals surface area contributed by atoms with E-state index in [0.29, 0.717) is 4.99 Å². The van der Waals surface area contributed by atoms with E-state index in [1.54, 1.807) is 23.7 Å². The molecule has 3 nitrogen and oxygen atoms in total. The zero-order valence-electron chi connectivity index (χ0n) is 9.43. The zero-order valence-corrected chi connectivity index (χ0v) is 11.1. The topological polar surface area (TPSA) is 50.9 Å². The summed E-state index contributed by atoms with van der Waals surface area (Å²) in [5.41, 5.74) is 9.95. The van der Waals surface area contributed by atoms with Crippen molar-refractivity contribution in [2.75, 3.05) is 5.32 Å². The van der Waals surface area contributed by atoms with E-state index < -0.39 is 0 Å². The van der Waals surface area contributed by atoms with Gasteiger partial charge in [-0.1, -0.05) is 12.2 Å². The van der Waals surface area contributed by atoms with Crippen LogP contribution in [0.1, 0.15) is 16.7 Å². The van der Waals surface area contributed by atoms with Crippen molar-refractivity contribution in [2.45, 2.75) is 13.5 Å². The third-order valence-electron chi connectivity index (χ3n) is 2.52. The van der Waals surface area contributed by atoms with Gasteiger partial charge in [-0.25, -0.2) is 0 Å². The number of pyridine rings is 1. The molecule has 0 aromatic carbocycles. The molecule has 17 heavy (non-hydrogen) atoms. The van der Waals surface area contributed by atoms with Gasteiger partial charge in [0.2, 0.25) is 0 Å². The van der Waals surface area contributed by atoms with E-state index in [-0.39, 0.29) is 0 Å². The first-order valence-corrected chi connectivity index (χ1v) is 6.53. The summed E-state index contributed by atoms with van der Waals surface area (Å²) in [6, 6.07) is 1.82. The standard InChI is InChI=1S/C12H13N3S2/c1-8-6-17-7-9(8)4-15-11-5-14-3-2-10(11)12(13)16/h2-3,5-7,15H,4H2,1H3,(H2,13,16). The number of hydrogen-bond donors (Lipinski definition) is 2. The van der Waals surface area contributed by atoms with Crippen LogP contribution in [0.25, 0.3) is 0 Å². The molecule has 88 valence electrons. The van der Waals surface area contributed by atoms with Crippen molar-refractivity contribution in [3.8, 4) is 0 Å². The van der Waals surface area contributed by atoms with Gasteiger partial charge in [0.1, 0.15) is 4.99 Å². The largest absolute Gasteiger partial charge is 0.389 e. The number of anilines is 1. The molecule has 0 atom stereocenters. The lowest BCUT2D eigenvalue weighted by molar-refractivity contribution is 1.12. The van der Waals surface area contributed by atoms with E-state index in [1.165, 1.54) is 11.1 Å². The van der Waals surface area contributed by atoms with Crippen LogP contribution >= 0.6 is 23.6 Å². The van der Waals surface area contributed by atoms with Crippen molar-refractivity contribution in [1.29, 1.82) is 0 Å². The average Bonchev–Trinajstić information content (AvgIpc) is 2.72. The summed E-state index contributed by atoms with van der Waals surface area (Å²) in [4.78, 5) is 4.46. The lowest BCUT2D eigenvalue weighted by Crippen LogP contribution is -2.13. The molecule has 0 spiro atoms. The maximum atomic E-state index is 5.66. The number of thiophene rings is 1. The highest BCUT2D eigenvalue weighted by Crippen LogP contribution is 2.18. The molecule has 3 N–H and O–H groups in total. The fourth-order valence-electron chi connectivity index (χ4n) is 1.51. The number of aromatic nitrogens is 1. The predicted octanol–water partition coefficient (Wildman–Crippen LogP) is 2.70. The fourth-order valence-corrected chi connectivity index (χ4v) is 2.54. The predicted molar refractivity (Wildman–Crippen MR) is 76.5 cm³/mol. The van der Waals surface area contributed by atoms with E-state index in [0.717, 1.165) is 17.8 Å². The van der Waals surface area contributed by atoms with Crippen molar-refractivity contribution in [3.63, 3.8) is 0 Å². The summed E-state index contributed by atoms with van der Waals surface area (Å²) >= 11 is 6.71. The minimum atomic E-state index is 0.386. The minimum Gasteiger partial charge on any atom is -0.389 e. The third kappa shape index (κ3) is 2.81. The number of thiocarbonyl (C=S) groups is 1. The first-order chi connectivity index (χ1) is 8.18. The maximum absolute atomic E-state index is 5.66. The molecule has 2 aromatic rings. The molecule has 0 amide bonds. The van der Waals surface area contributed by atoms with Crippen LogP contribution in [-0.2, 0) is 6.54 Å². The summed E-state index contributed by atoms with van der Waals surface area (Å²) in [5, 5.41) is 7.59. The molecule has 2 rings (SSSR count). The molecule has 2 aromatic heterocycles. The minimum absolute atomic E-state index is 0.386. The molecular formula is C12H13N3S2. The van der Waals surface area contributed by atoms with Crippen molar-refractivity contribution >= 4 is 34.2 Å².